The standard InChI is InChI=1S/C15H31N3/c1-18(2)15(9-4-3-5-10-15)12-17-14-8-6-7-13(16)11-14/h13-14,17H,3-12,16H2,1-2H3. The van der Waals surface area contributed by atoms with Crippen LogP contribution in [0.3, 0.4) is 0 Å². The molecule has 0 heterocycles. The maximum Gasteiger partial charge on any atom is 0.0327 e. The molecule has 2 saturated carbocycles. The van der Waals surface area contributed by atoms with Gasteiger partial charge >= 0.3 is 0 Å². The minimum atomic E-state index is 0.403. The van der Waals surface area contributed by atoms with Gasteiger partial charge in [-0.15, -0.1) is 0 Å². The highest BCUT2D eigenvalue weighted by atomic mass is 15.2. The molecular formula is C15H31N3. The van der Waals surface area contributed by atoms with E-state index in [0.717, 1.165) is 6.54 Å². The van der Waals surface area contributed by atoms with Gasteiger partial charge in [0.05, 0.1) is 0 Å². The van der Waals surface area contributed by atoms with Gasteiger partial charge in [-0.05, 0) is 46.2 Å². The van der Waals surface area contributed by atoms with Gasteiger partial charge < -0.3 is 16.0 Å². The highest BCUT2D eigenvalue weighted by Crippen LogP contribution is 2.32. The molecule has 0 radical (unpaired) electrons. The quantitative estimate of drug-likeness (QED) is 0.806. The Kier molecular flexibility index (Phi) is 5.05. The molecule has 2 rings (SSSR count). The van der Waals surface area contributed by atoms with E-state index in [1.54, 1.807) is 0 Å². The number of nitrogens with two attached hydrogens (primary N) is 1. The predicted octanol–water partition coefficient (Wildman–Crippen LogP) is 2.11. The van der Waals surface area contributed by atoms with E-state index in [0.29, 0.717) is 17.6 Å². The number of nitrogens with zero attached hydrogens (tertiary/aromatic N) is 1. The van der Waals surface area contributed by atoms with E-state index in [2.05, 4.69) is 24.3 Å². The summed E-state index contributed by atoms with van der Waals surface area (Å²) in [5, 5.41) is 3.82. The summed E-state index contributed by atoms with van der Waals surface area (Å²) in [7, 11) is 4.50. The Bertz CT molecular complexity index is 246. The van der Waals surface area contributed by atoms with Crippen LogP contribution in [0, 0.1) is 0 Å². The Morgan fingerprint density at radius 1 is 1.11 bits per heavy atom. The van der Waals surface area contributed by atoms with Crippen LogP contribution in [0.15, 0.2) is 0 Å². The van der Waals surface area contributed by atoms with Gasteiger partial charge in [-0.1, -0.05) is 25.7 Å². The lowest BCUT2D eigenvalue weighted by Crippen LogP contribution is -2.55. The maximum atomic E-state index is 6.08. The average Bonchev–Trinajstić information content (AvgIpc) is 2.37. The van der Waals surface area contributed by atoms with Crippen LogP contribution >= 0.6 is 0 Å². The lowest BCUT2D eigenvalue weighted by atomic mass is 9.80. The largest absolute Gasteiger partial charge is 0.328 e. The summed E-state index contributed by atoms with van der Waals surface area (Å²) in [6.07, 6.45) is 11.9. The summed E-state index contributed by atoms with van der Waals surface area (Å²) in [5.41, 5.74) is 6.48. The fourth-order valence-corrected chi connectivity index (χ4v) is 3.74. The van der Waals surface area contributed by atoms with E-state index in [1.165, 1.54) is 57.8 Å². The van der Waals surface area contributed by atoms with Crippen molar-refractivity contribution in [3.8, 4) is 0 Å². The van der Waals surface area contributed by atoms with Crippen LogP contribution < -0.4 is 11.1 Å². The van der Waals surface area contributed by atoms with Gasteiger partial charge in [0.25, 0.3) is 0 Å². The molecule has 0 aromatic carbocycles. The van der Waals surface area contributed by atoms with Gasteiger partial charge in [0.2, 0.25) is 0 Å². The summed E-state index contributed by atoms with van der Waals surface area (Å²) >= 11 is 0. The van der Waals surface area contributed by atoms with Gasteiger partial charge in [-0.25, -0.2) is 0 Å². The summed E-state index contributed by atoms with van der Waals surface area (Å²) in [5.74, 6) is 0. The molecule has 0 saturated heterocycles. The fraction of sp³-hybridized carbons (Fsp3) is 1.00. The first-order valence-electron chi connectivity index (χ1n) is 7.79. The van der Waals surface area contributed by atoms with Crippen LogP contribution in [0.25, 0.3) is 0 Å². The Balaban J connectivity index is 1.85. The van der Waals surface area contributed by atoms with Crippen molar-refractivity contribution in [3.05, 3.63) is 0 Å². The van der Waals surface area contributed by atoms with Crippen LogP contribution in [-0.4, -0.2) is 43.2 Å². The first kappa shape index (κ1) is 14.3. The first-order valence-corrected chi connectivity index (χ1v) is 7.79. The highest BCUT2D eigenvalue weighted by molar-refractivity contribution is 4.94. The molecule has 106 valence electrons. The molecule has 0 bridgehead atoms. The lowest BCUT2D eigenvalue weighted by molar-refractivity contribution is 0.0925. The van der Waals surface area contributed by atoms with E-state index < -0.39 is 0 Å². The van der Waals surface area contributed by atoms with Crippen molar-refractivity contribution in [2.45, 2.75) is 75.4 Å². The summed E-state index contributed by atoms with van der Waals surface area (Å²) < 4.78 is 0. The molecule has 3 heteroatoms. The van der Waals surface area contributed by atoms with E-state index in [9.17, 15) is 0 Å². The zero-order valence-electron chi connectivity index (χ0n) is 12.3. The van der Waals surface area contributed by atoms with Crippen LogP contribution in [-0.2, 0) is 0 Å². The van der Waals surface area contributed by atoms with Crippen molar-refractivity contribution in [1.29, 1.82) is 0 Å². The molecule has 0 spiro atoms. The average molecular weight is 253 g/mol. The number of likely N-dealkylation sites (N-methyl/N-ethyl adjacent to an activating group) is 1. The topological polar surface area (TPSA) is 41.3 Å². The number of nitrogens with one attached hydrogen (secondary N) is 1. The minimum Gasteiger partial charge on any atom is -0.328 e. The fourth-order valence-electron chi connectivity index (χ4n) is 3.74. The molecule has 2 aliphatic carbocycles. The van der Waals surface area contributed by atoms with Gasteiger partial charge in [0.1, 0.15) is 0 Å². The van der Waals surface area contributed by atoms with Crippen molar-refractivity contribution >= 4 is 0 Å². The Labute approximate surface area is 112 Å². The zero-order valence-corrected chi connectivity index (χ0v) is 12.3. The van der Waals surface area contributed by atoms with Crippen LogP contribution in [0.5, 0.6) is 0 Å². The van der Waals surface area contributed by atoms with Crippen molar-refractivity contribution in [1.82, 2.24) is 10.2 Å². The normalized spacial score (nSPS) is 32.7. The zero-order chi connectivity index (χ0) is 13.0. The molecule has 2 atom stereocenters. The second-order valence-electron chi connectivity index (χ2n) is 6.68. The number of hydrogen-bond donors (Lipinski definition) is 2. The van der Waals surface area contributed by atoms with E-state index in [4.69, 9.17) is 5.73 Å². The molecule has 0 aliphatic heterocycles. The van der Waals surface area contributed by atoms with E-state index >= 15 is 0 Å². The molecule has 2 unspecified atom stereocenters. The monoisotopic (exact) mass is 253 g/mol. The third kappa shape index (κ3) is 3.46. The van der Waals surface area contributed by atoms with Gasteiger partial charge in [-0.2, -0.15) is 0 Å². The maximum absolute atomic E-state index is 6.08. The van der Waals surface area contributed by atoms with E-state index in [-0.39, 0.29) is 0 Å². The van der Waals surface area contributed by atoms with E-state index in [1.807, 2.05) is 0 Å². The molecular weight excluding hydrogens is 222 g/mol. The molecule has 0 aromatic rings. The van der Waals surface area contributed by atoms with Crippen molar-refractivity contribution in [2.75, 3.05) is 20.6 Å². The summed E-state index contributed by atoms with van der Waals surface area (Å²) in [6, 6.07) is 1.09. The van der Waals surface area contributed by atoms with Crippen LogP contribution in [0.2, 0.25) is 0 Å². The minimum absolute atomic E-state index is 0.403. The molecule has 3 N–H and O–H groups in total. The number of rotatable bonds is 4. The molecule has 2 aliphatic rings. The smallest absolute Gasteiger partial charge is 0.0327 e. The second kappa shape index (κ2) is 6.36. The molecule has 0 aromatic heterocycles. The molecule has 2 fully saturated rings. The van der Waals surface area contributed by atoms with Crippen molar-refractivity contribution < 1.29 is 0 Å². The Morgan fingerprint density at radius 2 is 1.83 bits per heavy atom. The number of hydrogen-bond acceptors (Lipinski definition) is 3. The van der Waals surface area contributed by atoms with Crippen LogP contribution in [0.4, 0.5) is 0 Å². The molecule has 0 amide bonds. The predicted molar refractivity (Wildman–Crippen MR) is 77.7 cm³/mol. The first-order chi connectivity index (χ1) is 8.62. The van der Waals surface area contributed by atoms with Crippen molar-refractivity contribution in [3.63, 3.8) is 0 Å². The SMILES string of the molecule is CN(C)C1(CNC2CCCC(N)C2)CCCCC1. The Hall–Kier alpha value is -0.120. The molecule has 3 nitrogen and oxygen atoms in total. The lowest BCUT2D eigenvalue weighted by Gasteiger charge is -2.44. The van der Waals surface area contributed by atoms with Crippen LogP contribution in [0.1, 0.15) is 57.8 Å². The summed E-state index contributed by atoms with van der Waals surface area (Å²) in [6.45, 7) is 1.15. The third-order valence-corrected chi connectivity index (χ3v) is 5.17. The Morgan fingerprint density at radius 3 is 2.44 bits per heavy atom. The summed E-state index contributed by atoms with van der Waals surface area (Å²) in [4.78, 5) is 2.46. The van der Waals surface area contributed by atoms with Gasteiger partial charge in [0, 0.05) is 24.2 Å². The van der Waals surface area contributed by atoms with Gasteiger partial charge in [-0.3, -0.25) is 0 Å². The second-order valence-corrected chi connectivity index (χ2v) is 6.68. The van der Waals surface area contributed by atoms with Crippen molar-refractivity contribution in [2.24, 2.45) is 5.73 Å². The highest BCUT2D eigenvalue weighted by Gasteiger charge is 2.34. The van der Waals surface area contributed by atoms with Gasteiger partial charge in [0.15, 0.2) is 0 Å². The third-order valence-electron chi connectivity index (χ3n) is 5.17. The molecule has 18 heavy (non-hydrogen) atoms.